The number of alkyl halides is 1. The van der Waals surface area contributed by atoms with E-state index in [2.05, 4.69) is 48.5 Å². The van der Waals surface area contributed by atoms with Gasteiger partial charge >= 0.3 is 0 Å². The minimum Gasteiger partial charge on any atom is -0.0923 e. The summed E-state index contributed by atoms with van der Waals surface area (Å²) in [4.78, 5) is 0. The van der Waals surface area contributed by atoms with Gasteiger partial charge in [-0.25, -0.2) is 0 Å². The minimum atomic E-state index is 0.172. The van der Waals surface area contributed by atoms with Crippen molar-refractivity contribution in [2.45, 2.75) is 33.6 Å². The lowest BCUT2D eigenvalue weighted by Gasteiger charge is -2.14. The molecule has 0 heterocycles. The second-order valence-corrected chi connectivity index (χ2v) is 4.11. The zero-order chi connectivity index (χ0) is 9.45. The molecule has 0 radical (unpaired) electrons. The van der Waals surface area contributed by atoms with Gasteiger partial charge in [-0.3, -0.25) is 0 Å². The summed E-state index contributed by atoms with van der Waals surface area (Å²) in [6.07, 6.45) is 6.28. The summed E-state index contributed by atoms with van der Waals surface area (Å²) >= 11 is 3.31. The molecule has 0 saturated carbocycles. The molecule has 0 atom stereocenters. The summed E-state index contributed by atoms with van der Waals surface area (Å²) in [7, 11) is 0. The number of hydrogen-bond donors (Lipinski definition) is 0. The molecule has 0 saturated heterocycles. The summed E-state index contributed by atoms with van der Waals surface area (Å²) in [6, 6.07) is 0. The van der Waals surface area contributed by atoms with E-state index in [9.17, 15) is 0 Å². The van der Waals surface area contributed by atoms with E-state index in [4.69, 9.17) is 0 Å². The molecule has 0 amide bonds. The summed E-state index contributed by atoms with van der Waals surface area (Å²) in [5.74, 6) is 6.29. The maximum Gasteiger partial charge on any atom is 0.0261 e. The fourth-order valence-electron chi connectivity index (χ4n) is 1.03. The third-order valence-electron chi connectivity index (χ3n) is 1.58. The largest absolute Gasteiger partial charge is 0.0923 e. The standard InChI is InChI=1S/C11H17Br/c1-4-8-11(2,3)9-6-5-7-10-12/h5,7H,4,8,10H2,1-3H3/b7-5+. The first-order valence-corrected chi connectivity index (χ1v) is 5.48. The molecule has 0 unspecified atom stereocenters. The smallest absolute Gasteiger partial charge is 0.0261 e. The predicted molar refractivity (Wildman–Crippen MR) is 59.4 cm³/mol. The Labute approximate surface area is 84.6 Å². The Morgan fingerprint density at radius 3 is 2.58 bits per heavy atom. The summed E-state index contributed by atoms with van der Waals surface area (Å²) in [5.41, 5.74) is 0.172. The van der Waals surface area contributed by atoms with Crippen LogP contribution in [0.4, 0.5) is 0 Å². The van der Waals surface area contributed by atoms with Gasteiger partial charge in [0, 0.05) is 10.7 Å². The van der Waals surface area contributed by atoms with E-state index in [0.29, 0.717) is 0 Å². The first-order chi connectivity index (χ1) is 5.62. The monoisotopic (exact) mass is 228 g/mol. The van der Waals surface area contributed by atoms with Crippen LogP contribution in [0.2, 0.25) is 0 Å². The van der Waals surface area contributed by atoms with E-state index in [1.165, 1.54) is 12.8 Å². The van der Waals surface area contributed by atoms with Gasteiger partial charge in [0.25, 0.3) is 0 Å². The van der Waals surface area contributed by atoms with Crippen molar-refractivity contribution in [1.82, 2.24) is 0 Å². The fourth-order valence-corrected chi connectivity index (χ4v) is 1.21. The van der Waals surface area contributed by atoms with Crippen molar-refractivity contribution in [3.63, 3.8) is 0 Å². The van der Waals surface area contributed by atoms with E-state index in [1.54, 1.807) is 0 Å². The number of rotatable bonds is 3. The highest BCUT2D eigenvalue weighted by Crippen LogP contribution is 2.20. The minimum absolute atomic E-state index is 0.172. The van der Waals surface area contributed by atoms with E-state index in [0.717, 1.165) is 5.33 Å². The van der Waals surface area contributed by atoms with Crippen LogP contribution < -0.4 is 0 Å². The van der Waals surface area contributed by atoms with E-state index in [1.807, 2.05) is 12.2 Å². The molecule has 0 spiro atoms. The molecule has 0 fully saturated rings. The molecule has 0 bridgehead atoms. The Morgan fingerprint density at radius 2 is 2.08 bits per heavy atom. The zero-order valence-electron chi connectivity index (χ0n) is 8.15. The second-order valence-electron chi connectivity index (χ2n) is 3.46. The van der Waals surface area contributed by atoms with E-state index >= 15 is 0 Å². The van der Waals surface area contributed by atoms with Gasteiger partial charge in [0.15, 0.2) is 0 Å². The molecule has 1 heteroatoms. The van der Waals surface area contributed by atoms with Crippen LogP contribution >= 0.6 is 15.9 Å². The van der Waals surface area contributed by atoms with Gasteiger partial charge in [0.05, 0.1) is 0 Å². The third kappa shape index (κ3) is 6.49. The Hall–Kier alpha value is -0.220. The Morgan fingerprint density at radius 1 is 1.42 bits per heavy atom. The second kappa shape index (κ2) is 6.31. The lowest BCUT2D eigenvalue weighted by atomic mass is 9.89. The van der Waals surface area contributed by atoms with Gasteiger partial charge in [-0.05, 0) is 26.3 Å². The van der Waals surface area contributed by atoms with Crippen molar-refractivity contribution in [2.24, 2.45) is 5.41 Å². The number of hydrogen-bond acceptors (Lipinski definition) is 0. The van der Waals surface area contributed by atoms with Crippen LogP contribution in [-0.2, 0) is 0 Å². The number of allylic oxidation sites excluding steroid dienone is 2. The topological polar surface area (TPSA) is 0 Å². The van der Waals surface area contributed by atoms with Gasteiger partial charge in [0.2, 0.25) is 0 Å². The fraction of sp³-hybridized carbons (Fsp3) is 0.636. The van der Waals surface area contributed by atoms with Gasteiger partial charge in [-0.15, -0.1) is 0 Å². The van der Waals surface area contributed by atoms with Crippen LogP contribution in [0.1, 0.15) is 33.6 Å². The Kier molecular flexibility index (Phi) is 6.20. The van der Waals surface area contributed by atoms with Gasteiger partial charge in [-0.2, -0.15) is 0 Å². The SMILES string of the molecule is CCCC(C)(C)C#C/C=C/CBr. The lowest BCUT2D eigenvalue weighted by molar-refractivity contribution is 0.452. The molecule has 12 heavy (non-hydrogen) atoms. The molecule has 68 valence electrons. The van der Waals surface area contributed by atoms with Crippen LogP contribution in [0.25, 0.3) is 0 Å². The third-order valence-corrected chi connectivity index (χ3v) is 1.95. The average molecular weight is 229 g/mol. The molecule has 0 aromatic rings. The summed E-state index contributed by atoms with van der Waals surface area (Å²) in [6.45, 7) is 6.56. The normalized spacial score (nSPS) is 11.3. The highest BCUT2D eigenvalue weighted by atomic mass is 79.9. The van der Waals surface area contributed by atoms with Crippen molar-refractivity contribution in [2.75, 3.05) is 5.33 Å². The van der Waals surface area contributed by atoms with Crippen LogP contribution in [0.3, 0.4) is 0 Å². The number of halogens is 1. The van der Waals surface area contributed by atoms with Gasteiger partial charge < -0.3 is 0 Å². The summed E-state index contributed by atoms with van der Waals surface area (Å²) < 4.78 is 0. The van der Waals surface area contributed by atoms with Crippen molar-refractivity contribution < 1.29 is 0 Å². The first kappa shape index (κ1) is 11.8. The maximum atomic E-state index is 3.31. The van der Waals surface area contributed by atoms with Crippen LogP contribution in [0.5, 0.6) is 0 Å². The van der Waals surface area contributed by atoms with Crippen molar-refractivity contribution >= 4 is 15.9 Å². The van der Waals surface area contributed by atoms with Crippen LogP contribution in [0, 0.1) is 17.3 Å². The van der Waals surface area contributed by atoms with Crippen molar-refractivity contribution in [1.29, 1.82) is 0 Å². The first-order valence-electron chi connectivity index (χ1n) is 4.36. The molecule has 0 aromatic heterocycles. The maximum absolute atomic E-state index is 3.31. The van der Waals surface area contributed by atoms with Gasteiger partial charge in [-0.1, -0.05) is 47.2 Å². The average Bonchev–Trinajstić information content (AvgIpc) is 1.98. The van der Waals surface area contributed by atoms with Gasteiger partial charge in [0.1, 0.15) is 0 Å². The summed E-state index contributed by atoms with van der Waals surface area (Å²) in [5, 5.41) is 0.885. The molecule has 0 nitrogen and oxygen atoms in total. The Bertz CT molecular complexity index is 191. The molecular formula is C11H17Br. The lowest BCUT2D eigenvalue weighted by Crippen LogP contribution is -2.06. The molecular weight excluding hydrogens is 212 g/mol. The predicted octanol–water partition coefficient (Wildman–Crippen LogP) is 3.77. The molecule has 0 aromatic carbocycles. The molecule has 0 aliphatic heterocycles. The van der Waals surface area contributed by atoms with E-state index < -0.39 is 0 Å². The quantitative estimate of drug-likeness (QED) is 0.510. The van der Waals surface area contributed by atoms with Crippen molar-refractivity contribution in [3.8, 4) is 11.8 Å². The molecule has 0 N–H and O–H groups in total. The zero-order valence-corrected chi connectivity index (χ0v) is 9.74. The van der Waals surface area contributed by atoms with Crippen molar-refractivity contribution in [3.05, 3.63) is 12.2 Å². The van der Waals surface area contributed by atoms with E-state index in [-0.39, 0.29) is 5.41 Å². The molecule has 0 aliphatic rings. The Balaban J connectivity index is 3.99. The van der Waals surface area contributed by atoms with Crippen LogP contribution in [-0.4, -0.2) is 5.33 Å². The van der Waals surface area contributed by atoms with Crippen LogP contribution in [0.15, 0.2) is 12.2 Å². The highest BCUT2D eigenvalue weighted by Gasteiger charge is 2.11. The molecule has 0 rings (SSSR count). The molecule has 0 aliphatic carbocycles. The highest BCUT2D eigenvalue weighted by molar-refractivity contribution is 9.09.